The molecule has 4 heteroatoms. The molecule has 1 aliphatic rings. The van der Waals surface area contributed by atoms with Crippen LogP contribution in [0.3, 0.4) is 0 Å². The lowest BCUT2D eigenvalue weighted by Crippen LogP contribution is -2.31. The molecule has 0 aromatic heterocycles. The van der Waals surface area contributed by atoms with E-state index in [2.05, 4.69) is 39.3 Å². The Hall–Kier alpha value is -0.0900. The fourth-order valence-corrected chi connectivity index (χ4v) is 2.99. The van der Waals surface area contributed by atoms with Gasteiger partial charge in [-0.15, -0.1) is 0 Å². The second-order valence-electron chi connectivity index (χ2n) is 5.46. The van der Waals surface area contributed by atoms with Gasteiger partial charge in [0.15, 0.2) is 0 Å². The first-order chi connectivity index (χ1) is 9.15. The minimum absolute atomic E-state index is 0.787. The summed E-state index contributed by atoms with van der Waals surface area (Å²) in [5.74, 6) is 0.900. The van der Waals surface area contributed by atoms with E-state index < -0.39 is 0 Å². The van der Waals surface area contributed by atoms with E-state index in [4.69, 9.17) is 11.6 Å². The van der Waals surface area contributed by atoms with Crippen LogP contribution in [0.5, 0.6) is 0 Å². The van der Waals surface area contributed by atoms with Crippen LogP contribution in [-0.4, -0.2) is 31.6 Å². The number of rotatable bonds is 5. The van der Waals surface area contributed by atoms with Crippen molar-refractivity contribution in [2.45, 2.75) is 25.8 Å². The molecule has 1 saturated heterocycles. The molecule has 1 fully saturated rings. The lowest BCUT2D eigenvalue weighted by Gasteiger charge is -2.28. The number of hydrogen-bond donors (Lipinski definition) is 1. The van der Waals surface area contributed by atoms with Gasteiger partial charge in [-0.05, 0) is 85.5 Å². The van der Waals surface area contributed by atoms with Crippen molar-refractivity contribution in [3.8, 4) is 0 Å². The lowest BCUT2D eigenvalue weighted by molar-refractivity contribution is 0.211. The quantitative estimate of drug-likeness (QED) is 0.814. The Balaban J connectivity index is 1.65. The fraction of sp³-hybridized carbons (Fsp3) is 0.600. The van der Waals surface area contributed by atoms with E-state index in [1.54, 1.807) is 0 Å². The molecular weight excluding hydrogens is 324 g/mol. The van der Waals surface area contributed by atoms with E-state index in [1.807, 2.05) is 12.1 Å². The highest BCUT2D eigenvalue weighted by atomic mass is 79.9. The van der Waals surface area contributed by atoms with Crippen molar-refractivity contribution in [3.05, 3.63) is 33.3 Å². The Bertz CT molecular complexity index is 403. The first-order valence-electron chi connectivity index (χ1n) is 6.98. The van der Waals surface area contributed by atoms with Gasteiger partial charge in [-0.2, -0.15) is 0 Å². The van der Waals surface area contributed by atoms with E-state index in [0.717, 1.165) is 28.5 Å². The second-order valence-corrected chi connectivity index (χ2v) is 6.72. The van der Waals surface area contributed by atoms with Crippen LogP contribution in [0, 0.1) is 5.92 Å². The minimum Gasteiger partial charge on any atom is -0.313 e. The highest BCUT2D eigenvalue weighted by Crippen LogP contribution is 2.23. The van der Waals surface area contributed by atoms with Crippen LogP contribution in [-0.2, 0) is 6.54 Å². The van der Waals surface area contributed by atoms with Crippen LogP contribution < -0.4 is 5.32 Å². The zero-order valence-electron chi connectivity index (χ0n) is 11.5. The standard InChI is InChI=1S/C15H22BrClN2/c1-19-8-5-12(6-9-19)4-7-18-11-13-2-3-14(16)15(17)10-13/h2-3,10,12,18H,4-9,11H2,1H3. The maximum atomic E-state index is 6.08. The zero-order chi connectivity index (χ0) is 13.7. The summed E-state index contributed by atoms with van der Waals surface area (Å²) in [5.41, 5.74) is 1.25. The summed E-state index contributed by atoms with van der Waals surface area (Å²) < 4.78 is 0.962. The summed E-state index contributed by atoms with van der Waals surface area (Å²) in [6, 6.07) is 6.14. The largest absolute Gasteiger partial charge is 0.313 e. The smallest absolute Gasteiger partial charge is 0.0551 e. The van der Waals surface area contributed by atoms with Crippen molar-refractivity contribution in [3.63, 3.8) is 0 Å². The summed E-state index contributed by atoms with van der Waals surface area (Å²) in [6.07, 6.45) is 3.99. The van der Waals surface area contributed by atoms with Crippen LogP contribution in [0.25, 0.3) is 0 Å². The van der Waals surface area contributed by atoms with Gasteiger partial charge in [-0.1, -0.05) is 17.7 Å². The average Bonchev–Trinajstić information content (AvgIpc) is 2.41. The van der Waals surface area contributed by atoms with Crippen molar-refractivity contribution < 1.29 is 0 Å². The number of hydrogen-bond acceptors (Lipinski definition) is 2. The predicted molar refractivity (Wildman–Crippen MR) is 85.7 cm³/mol. The van der Waals surface area contributed by atoms with Gasteiger partial charge in [0.25, 0.3) is 0 Å². The molecule has 2 rings (SSSR count). The van der Waals surface area contributed by atoms with Gasteiger partial charge >= 0.3 is 0 Å². The number of halogens is 2. The van der Waals surface area contributed by atoms with Gasteiger partial charge < -0.3 is 10.2 Å². The molecule has 1 aliphatic heterocycles. The summed E-state index contributed by atoms with van der Waals surface area (Å²) in [6.45, 7) is 4.52. The van der Waals surface area contributed by atoms with Crippen molar-refractivity contribution >= 4 is 27.5 Å². The zero-order valence-corrected chi connectivity index (χ0v) is 13.8. The number of nitrogens with zero attached hydrogens (tertiary/aromatic N) is 1. The lowest BCUT2D eigenvalue weighted by atomic mass is 9.94. The fourth-order valence-electron chi connectivity index (χ4n) is 2.54. The van der Waals surface area contributed by atoms with E-state index in [9.17, 15) is 0 Å². The summed E-state index contributed by atoms with van der Waals surface area (Å²) in [5, 5.41) is 4.31. The van der Waals surface area contributed by atoms with E-state index in [0.29, 0.717) is 0 Å². The van der Waals surface area contributed by atoms with E-state index in [1.165, 1.54) is 37.9 Å². The van der Waals surface area contributed by atoms with Gasteiger partial charge in [0.1, 0.15) is 0 Å². The summed E-state index contributed by atoms with van der Waals surface area (Å²) in [7, 11) is 2.21. The third-order valence-corrected chi connectivity index (χ3v) is 5.11. The Kier molecular flexibility index (Phi) is 6.14. The molecule has 1 aromatic carbocycles. The second kappa shape index (κ2) is 7.63. The average molecular weight is 346 g/mol. The van der Waals surface area contributed by atoms with Gasteiger partial charge in [-0.3, -0.25) is 0 Å². The third-order valence-electron chi connectivity index (χ3n) is 3.88. The Morgan fingerprint density at radius 2 is 2.11 bits per heavy atom. The normalized spacial score (nSPS) is 17.8. The molecule has 1 heterocycles. The topological polar surface area (TPSA) is 15.3 Å². The van der Waals surface area contributed by atoms with Crippen LogP contribution in [0.1, 0.15) is 24.8 Å². The molecule has 0 radical (unpaired) electrons. The molecule has 1 N–H and O–H groups in total. The van der Waals surface area contributed by atoms with Crippen molar-refractivity contribution in [1.82, 2.24) is 10.2 Å². The van der Waals surface area contributed by atoms with Gasteiger partial charge in [0.2, 0.25) is 0 Å². The highest BCUT2D eigenvalue weighted by Gasteiger charge is 2.15. The Labute approximate surface area is 129 Å². The molecule has 0 amide bonds. The van der Waals surface area contributed by atoms with Crippen molar-refractivity contribution in [1.29, 1.82) is 0 Å². The SMILES string of the molecule is CN1CCC(CCNCc2ccc(Br)c(Cl)c2)CC1. The van der Waals surface area contributed by atoms with Crippen LogP contribution in [0.2, 0.25) is 5.02 Å². The molecule has 19 heavy (non-hydrogen) atoms. The van der Waals surface area contributed by atoms with Gasteiger partial charge in [-0.25, -0.2) is 0 Å². The number of nitrogens with one attached hydrogen (secondary N) is 1. The molecule has 0 aliphatic carbocycles. The maximum absolute atomic E-state index is 6.08. The molecule has 0 unspecified atom stereocenters. The number of benzene rings is 1. The highest BCUT2D eigenvalue weighted by molar-refractivity contribution is 9.10. The van der Waals surface area contributed by atoms with Gasteiger partial charge in [0.05, 0.1) is 5.02 Å². The molecule has 2 nitrogen and oxygen atoms in total. The summed E-state index contributed by atoms with van der Waals surface area (Å²) >= 11 is 9.49. The van der Waals surface area contributed by atoms with Crippen molar-refractivity contribution in [2.24, 2.45) is 5.92 Å². The van der Waals surface area contributed by atoms with Crippen LogP contribution >= 0.6 is 27.5 Å². The maximum Gasteiger partial charge on any atom is 0.0551 e. The first-order valence-corrected chi connectivity index (χ1v) is 8.15. The van der Waals surface area contributed by atoms with E-state index in [-0.39, 0.29) is 0 Å². The number of likely N-dealkylation sites (tertiary alicyclic amines) is 1. The van der Waals surface area contributed by atoms with Crippen LogP contribution in [0.4, 0.5) is 0 Å². The molecule has 106 valence electrons. The predicted octanol–water partition coefficient (Wildman–Crippen LogP) is 3.92. The third kappa shape index (κ3) is 5.07. The molecule has 0 bridgehead atoms. The monoisotopic (exact) mass is 344 g/mol. The van der Waals surface area contributed by atoms with Crippen molar-refractivity contribution in [2.75, 3.05) is 26.7 Å². The first kappa shape index (κ1) is 15.3. The molecule has 0 spiro atoms. The Morgan fingerprint density at radius 1 is 1.37 bits per heavy atom. The molecule has 1 aromatic rings. The Morgan fingerprint density at radius 3 is 2.79 bits per heavy atom. The van der Waals surface area contributed by atoms with E-state index >= 15 is 0 Å². The number of piperidine rings is 1. The minimum atomic E-state index is 0.787. The summed E-state index contributed by atoms with van der Waals surface area (Å²) in [4.78, 5) is 2.42. The molecule has 0 saturated carbocycles. The molecule has 0 atom stereocenters. The molecular formula is C15H22BrClN2. The van der Waals surface area contributed by atoms with Gasteiger partial charge in [0, 0.05) is 11.0 Å². The van der Waals surface area contributed by atoms with Crippen LogP contribution in [0.15, 0.2) is 22.7 Å².